The summed E-state index contributed by atoms with van der Waals surface area (Å²) in [5.41, 5.74) is 6.18. The van der Waals surface area contributed by atoms with Crippen molar-refractivity contribution in [2.45, 2.75) is 0 Å². The molecule has 0 saturated heterocycles. The Hall–Kier alpha value is -1.34. The van der Waals surface area contributed by atoms with Crippen LogP contribution >= 0.6 is 28.1 Å². The molecule has 0 bridgehead atoms. The second-order valence-electron chi connectivity index (χ2n) is 2.99. The SMILES string of the molecule is Nc1nc(=S)nc(-c2ccc(F)cc2Br)[nH]1. The molecular formula is C9H6BrFN4S. The van der Waals surface area contributed by atoms with Crippen molar-refractivity contribution < 1.29 is 4.39 Å². The fraction of sp³-hybridized carbons (Fsp3) is 0. The molecule has 0 saturated carbocycles. The summed E-state index contributed by atoms with van der Waals surface area (Å²) < 4.78 is 13.6. The van der Waals surface area contributed by atoms with Gasteiger partial charge in [0.1, 0.15) is 11.6 Å². The minimum Gasteiger partial charge on any atom is -0.369 e. The molecule has 0 unspecified atom stereocenters. The first-order chi connectivity index (χ1) is 7.56. The highest BCUT2D eigenvalue weighted by molar-refractivity contribution is 9.10. The van der Waals surface area contributed by atoms with E-state index in [2.05, 4.69) is 30.9 Å². The highest BCUT2D eigenvalue weighted by Gasteiger charge is 2.07. The van der Waals surface area contributed by atoms with Crippen molar-refractivity contribution in [3.05, 3.63) is 33.3 Å². The van der Waals surface area contributed by atoms with E-state index in [1.807, 2.05) is 0 Å². The lowest BCUT2D eigenvalue weighted by Crippen LogP contribution is -2.00. The number of aromatic amines is 1. The number of aromatic nitrogens is 3. The van der Waals surface area contributed by atoms with Crippen LogP contribution in [-0.2, 0) is 0 Å². The second-order valence-corrected chi connectivity index (χ2v) is 4.21. The standard InChI is InChI=1S/C9H6BrFN4S/c10-6-3-4(11)1-2-5(6)7-13-8(12)15-9(16)14-7/h1-3H,(H3,12,13,14,15,16). The number of H-pyrrole nitrogens is 1. The smallest absolute Gasteiger partial charge is 0.224 e. The quantitative estimate of drug-likeness (QED) is 0.795. The Morgan fingerprint density at radius 1 is 1.38 bits per heavy atom. The van der Waals surface area contributed by atoms with Crippen LogP contribution in [0.25, 0.3) is 11.4 Å². The van der Waals surface area contributed by atoms with Gasteiger partial charge in [-0.2, -0.15) is 4.98 Å². The summed E-state index contributed by atoms with van der Waals surface area (Å²) in [7, 11) is 0. The Balaban J connectivity index is 2.63. The zero-order valence-corrected chi connectivity index (χ0v) is 10.3. The summed E-state index contributed by atoms with van der Waals surface area (Å²) >= 11 is 8.08. The van der Waals surface area contributed by atoms with Gasteiger partial charge in [-0.25, -0.2) is 9.37 Å². The highest BCUT2D eigenvalue weighted by Crippen LogP contribution is 2.26. The molecule has 4 nitrogen and oxygen atoms in total. The van der Waals surface area contributed by atoms with E-state index in [4.69, 9.17) is 18.0 Å². The molecule has 2 aromatic rings. The second kappa shape index (κ2) is 4.26. The Bertz CT molecular complexity index is 598. The first-order valence-corrected chi connectivity index (χ1v) is 5.45. The molecule has 3 N–H and O–H groups in total. The molecule has 1 aromatic heterocycles. The monoisotopic (exact) mass is 300 g/mol. The van der Waals surface area contributed by atoms with Crippen molar-refractivity contribution in [2.75, 3.05) is 5.73 Å². The van der Waals surface area contributed by atoms with Crippen LogP contribution in [0.5, 0.6) is 0 Å². The third-order valence-corrected chi connectivity index (χ3v) is 2.69. The van der Waals surface area contributed by atoms with Crippen LogP contribution in [0.2, 0.25) is 0 Å². The summed E-state index contributed by atoms with van der Waals surface area (Å²) in [4.78, 5) is 10.5. The van der Waals surface area contributed by atoms with Crippen molar-refractivity contribution in [3.8, 4) is 11.4 Å². The van der Waals surface area contributed by atoms with Gasteiger partial charge in [0, 0.05) is 10.0 Å². The lowest BCUT2D eigenvalue weighted by molar-refractivity contribution is 0.627. The molecule has 0 aliphatic heterocycles. The molecule has 0 fully saturated rings. The Kier molecular flexibility index (Phi) is 2.97. The van der Waals surface area contributed by atoms with Gasteiger partial charge < -0.3 is 10.7 Å². The summed E-state index contributed by atoms with van der Waals surface area (Å²) in [5, 5.41) is 0. The minimum atomic E-state index is -0.337. The van der Waals surface area contributed by atoms with Crippen LogP contribution in [0.4, 0.5) is 10.3 Å². The molecule has 1 aromatic carbocycles. The molecule has 0 aliphatic carbocycles. The van der Waals surface area contributed by atoms with Crippen LogP contribution in [0.1, 0.15) is 0 Å². The summed E-state index contributed by atoms with van der Waals surface area (Å²) in [5.74, 6) is 0.284. The van der Waals surface area contributed by atoms with E-state index < -0.39 is 0 Å². The van der Waals surface area contributed by atoms with E-state index >= 15 is 0 Å². The lowest BCUT2D eigenvalue weighted by atomic mass is 10.2. The van der Waals surface area contributed by atoms with E-state index in [1.165, 1.54) is 12.1 Å². The minimum absolute atomic E-state index is 0.141. The van der Waals surface area contributed by atoms with E-state index in [9.17, 15) is 4.39 Å². The summed E-state index contributed by atoms with van der Waals surface area (Å²) in [6.07, 6.45) is 0. The third kappa shape index (κ3) is 2.25. The Morgan fingerprint density at radius 3 is 2.75 bits per heavy atom. The fourth-order valence-corrected chi connectivity index (χ4v) is 1.94. The maximum absolute atomic E-state index is 12.9. The maximum atomic E-state index is 12.9. The van der Waals surface area contributed by atoms with E-state index in [0.717, 1.165) is 0 Å². The van der Waals surface area contributed by atoms with Crippen LogP contribution in [0.15, 0.2) is 22.7 Å². The van der Waals surface area contributed by atoms with E-state index in [1.54, 1.807) is 6.07 Å². The first-order valence-electron chi connectivity index (χ1n) is 4.25. The maximum Gasteiger partial charge on any atom is 0.224 e. The van der Waals surface area contributed by atoms with Gasteiger partial charge in [-0.05, 0) is 46.3 Å². The van der Waals surface area contributed by atoms with Crippen LogP contribution in [0.3, 0.4) is 0 Å². The van der Waals surface area contributed by atoms with Crippen molar-refractivity contribution in [1.29, 1.82) is 0 Å². The number of benzene rings is 1. The van der Waals surface area contributed by atoms with Gasteiger partial charge in [0.15, 0.2) is 0 Å². The predicted molar refractivity (Wildman–Crippen MR) is 64.7 cm³/mol. The van der Waals surface area contributed by atoms with E-state index in [-0.39, 0.29) is 16.5 Å². The topological polar surface area (TPSA) is 67.6 Å². The molecule has 0 spiro atoms. The van der Waals surface area contributed by atoms with Crippen molar-refractivity contribution in [3.63, 3.8) is 0 Å². The fourth-order valence-electron chi connectivity index (χ4n) is 1.21. The molecule has 82 valence electrons. The molecular weight excluding hydrogens is 295 g/mol. The number of anilines is 1. The molecule has 0 aliphatic rings. The molecule has 2 rings (SSSR count). The highest BCUT2D eigenvalue weighted by atomic mass is 79.9. The van der Waals surface area contributed by atoms with Crippen LogP contribution < -0.4 is 5.73 Å². The number of nitrogens with zero attached hydrogens (tertiary/aromatic N) is 2. The number of rotatable bonds is 1. The Labute approximate surface area is 104 Å². The normalized spacial score (nSPS) is 10.4. The van der Waals surface area contributed by atoms with Crippen molar-refractivity contribution >= 4 is 34.1 Å². The van der Waals surface area contributed by atoms with Gasteiger partial charge in [0.25, 0.3) is 0 Å². The van der Waals surface area contributed by atoms with Gasteiger partial charge >= 0.3 is 0 Å². The van der Waals surface area contributed by atoms with Gasteiger partial charge in [0.2, 0.25) is 10.7 Å². The number of nitrogens with one attached hydrogen (secondary N) is 1. The largest absolute Gasteiger partial charge is 0.369 e. The van der Waals surface area contributed by atoms with Gasteiger partial charge in [-0.3, -0.25) is 0 Å². The summed E-state index contributed by atoms with van der Waals surface area (Å²) in [6, 6.07) is 4.24. The number of nitrogens with two attached hydrogens (primary N) is 1. The van der Waals surface area contributed by atoms with Gasteiger partial charge in [0.05, 0.1) is 0 Å². The zero-order valence-electron chi connectivity index (χ0n) is 7.87. The predicted octanol–water partition coefficient (Wildman–Crippen LogP) is 2.68. The van der Waals surface area contributed by atoms with Gasteiger partial charge in [-0.1, -0.05) is 0 Å². The summed E-state index contributed by atoms with van der Waals surface area (Å²) in [6.45, 7) is 0. The van der Waals surface area contributed by atoms with Crippen LogP contribution in [0, 0.1) is 10.6 Å². The first kappa shape index (κ1) is 11.2. The molecule has 0 atom stereocenters. The number of halogens is 2. The lowest BCUT2D eigenvalue weighted by Gasteiger charge is -2.04. The average Bonchev–Trinajstić information content (AvgIpc) is 2.15. The average molecular weight is 301 g/mol. The number of nitrogen functional groups attached to an aromatic ring is 1. The molecule has 0 amide bonds. The molecule has 16 heavy (non-hydrogen) atoms. The molecule has 1 heterocycles. The van der Waals surface area contributed by atoms with Crippen molar-refractivity contribution in [1.82, 2.24) is 15.0 Å². The number of hydrogen-bond acceptors (Lipinski definition) is 4. The zero-order chi connectivity index (χ0) is 11.7. The van der Waals surface area contributed by atoms with Crippen molar-refractivity contribution in [2.24, 2.45) is 0 Å². The molecule has 7 heteroatoms. The van der Waals surface area contributed by atoms with Crippen LogP contribution in [-0.4, -0.2) is 15.0 Å². The van der Waals surface area contributed by atoms with Gasteiger partial charge in [-0.15, -0.1) is 0 Å². The molecule has 0 radical (unpaired) electrons. The Morgan fingerprint density at radius 2 is 2.12 bits per heavy atom. The number of hydrogen-bond donors (Lipinski definition) is 2. The third-order valence-electron chi connectivity index (χ3n) is 1.86. The van der Waals surface area contributed by atoms with E-state index in [0.29, 0.717) is 15.9 Å².